The second-order valence-electron chi connectivity index (χ2n) is 5.95. The first-order valence-electron chi connectivity index (χ1n) is 7.84. The molecule has 0 saturated heterocycles. The molecule has 1 N–H and O–H groups in total. The third-order valence-corrected chi connectivity index (χ3v) is 4.12. The van der Waals surface area contributed by atoms with E-state index in [0.29, 0.717) is 16.4 Å². The van der Waals surface area contributed by atoms with Crippen molar-refractivity contribution in [3.63, 3.8) is 0 Å². The Balaban J connectivity index is 1.74. The molecule has 7 heteroatoms. The Morgan fingerprint density at radius 1 is 1.16 bits per heavy atom. The summed E-state index contributed by atoms with van der Waals surface area (Å²) >= 11 is 6.13. The fourth-order valence-corrected chi connectivity index (χ4v) is 2.97. The standard InChI is InChI=1S/C18H18ClN5O/c1-11-8-12(2)17(13(3)9-11)20-16(25)10-24-22-18(21-23-24)14-6-4-5-7-15(14)19/h4-9H,10H2,1-3H3,(H,20,25). The van der Waals surface area contributed by atoms with Crippen LogP contribution in [0.1, 0.15) is 16.7 Å². The van der Waals surface area contributed by atoms with Gasteiger partial charge in [0.15, 0.2) is 0 Å². The van der Waals surface area contributed by atoms with Gasteiger partial charge in [-0.3, -0.25) is 4.79 Å². The van der Waals surface area contributed by atoms with E-state index in [0.717, 1.165) is 22.4 Å². The highest BCUT2D eigenvalue weighted by atomic mass is 35.5. The van der Waals surface area contributed by atoms with Crippen molar-refractivity contribution in [1.82, 2.24) is 20.2 Å². The summed E-state index contributed by atoms with van der Waals surface area (Å²) in [5.41, 5.74) is 4.71. The highest BCUT2D eigenvalue weighted by Crippen LogP contribution is 2.24. The molecule has 0 aliphatic rings. The number of hydrogen-bond acceptors (Lipinski definition) is 4. The van der Waals surface area contributed by atoms with Crippen molar-refractivity contribution in [2.75, 3.05) is 5.32 Å². The average Bonchev–Trinajstić information content (AvgIpc) is 2.99. The number of aryl methyl sites for hydroxylation is 3. The van der Waals surface area contributed by atoms with Crippen LogP contribution in [0.15, 0.2) is 36.4 Å². The number of nitrogens with zero attached hydrogens (tertiary/aromatic N) is 4. The number of aromatic nitrogens is 4. The number of hydrogen-bond donors (Lipinski definition) is 1. The van der Waals surface area contributed by atoms with Gasteiger partial charge in [0.1, 0.15) is 6.54 Å². The predicted octanol–water partition coefficient (Wildman–Crippen LogP) is 3.56. The molecule has 6 nitrogen and oxygen atoms in total. The van der Waals surface area contributed by atoms with Gasteiger partial charge in [0.05, 0.1) is 5.02 Å². The molecule has 0 bridgehead atoms. The lowest BCUT2D eigenvalue weighted by Gasteiger charge is -2.12. The summed E-state index contributed by atoms with van der Waals surface area (Å²) in [4.78, 5) is 13.6. The molecular formula is C18H18ClN5O. The van der Waals surface area contributed by atoms with Gasteiger partial charge in [-0.2, -0.15) is 4.80 Å². The first-order chi connectivity index (χ1) is 11.9. The van der Waals surface area contributed by atoms with Gasteiger partial charge in [0.2, 0.25) is 11.7 Å². The number of carbonyl (C=O) groups is 1. The van der Waals surface area contributed by atoms with Crippen molar-refractivity contribution in [3.8, 4) is 11.4 Å². The second kappa shape index (κ2) is 7.03. The molecule has 128 valence electrons. The van der Waals surface area contributed by atoms with Gasteiger partial charge in [-0.25, -0.2) is 0 Å². The van der Waals surface area contributed by atoms with Crippen molar-refractivity contribution in [2.24, 2.45) is 0 Å². The number of anilines is 1. The minimum absolute atomic E-state index is 0.0236. The number of carbonyl (C=O) groups excluding carboxylic acids is 1. The van der Waals surface area contributed by atoms with Crippen molar-refractivity contribution in [2.45, 2.75) is 27.3 Å². The molecule has 0 fully saturated rings. The van der Waals surface area contributed by atoms with Crippen LogP contribution in [-0.4, -0.2) is 26.1 Å². The van der Waals surface area contributed by atoms with Crippen LogP contribution in [0, 0.1) is 20.8 Å². The minimum Gasteiger partial charge on any atom is -0.324 e. The van der Waals surface area contributed by atoms with Crippen LogP contribution in [0.3, 0.4) is 0 Å². The van der Waals surface area contributed by atoms with Crippen LogP contribution in [0.25, 0.3) is 11.4 Å². The zero-order valence-corrected chi connectivity index (χ0v) is 15.0. The molecule has 0 aliphatic carbocycles. The van der Waals surface area contributed by atoms with Gasteiger partial charge in [-0.15, -0.1) is 10.2 Å². The molecule has 0 unspecified atom stereocenters. The van der Waals surface area contributed by atoms with E-state index in [4.69, 9.17) is 11.6 Å². The maximum absolute atomic E-state index is 12.3. The molecule has 25 heavy (non-hydrogen) atoms. The Morgan fingerprint density at radius 2 is 1.84 bits per heavy atom. The smallest absolute Gasteiger partial charge is 0.248 e. The number of benzene rings is 2. The van der Waals surface area contributed by atoms with E-state index in [2.05, 4.69) is 20.7 Å². The van der Waals surface area contributed by atoms with Crippen LogP contribution in [0.2, 0.25) is 5.02 Å². The average molecular weight is 356 g/mol. The van der Waals surface area contributed by atoms with E-state index >= 15 is 0 Å². The summed E-state index contributed by atoms with van der Waals surface area (Å²) in [5, 5.41) is 15.6. The van der Waals surface area contributed by atoms with Gasteiger partial charge in [-0.05, 0) is 49.2 Å². The zero-order valence-electron chi connectivity index (χ0n) is 14.2. The van der Waals surface area contributed by atoms with Crippen molar-refractivity contribution < 1.29 is 4.79 Å². The summed E-state index contributed by atoms with van der Waals surface area (Å²) in [6.45, 7) is 5.95. The number of tetrazole rings is 1. The first kappa shape index (κ1) is 17.1. The lowest BCUT2D eigenvalue weighted by atomic mass is 10.1. The molecule has 3 aromatic rings. The summed E-state index contributed by atoms with van der Waals surface area (Å²) < 4.78 is 0. The van der Waals surface area contributed by atoms with Crippen LogP contribution in [0.4, 0.5) is 5.69 Å². The highest BCUT2D eigenvalue weighted by molar-refractivity contribution is 6.33. The summed E-state index contributed by atoms with van der Waals surface area (Å²) in [7, 11) is 0. The predicted molar refractivity (Wildman–Crippen MR) is 97.5 cm³/mol. The molecule has 0 atom stereocenters. The van der Waals surface area contributed by atoms with Gasteiger partial charge in [-0.1, -0.05) is 41.4 Å². The maximum Gasteiger partial charge on any atom is 0.248 e. The summed E-state index contributed by atoms with van der Waals surface area (Å²) in [5.74, 6) is 0.180. The zero-order chi connectivity index (χ0) is 18.0. The van der Waals surface area contributed by atoms with E-state index in [-0.39, 0.29) is 12.5 Å². The largest absolute Gasteiger partial charge is 0.324 e. The Hall–Kier alpha value is -2.73. The quantitative estimate of drug-likeness (QED) is 0.776. The molecule has 2 aromatic carbocycles. The summed E-state index contributed by atoms with van der Waals surface area (Å²) in [6, 6.07) is 11.3. The van der Waals surface area contributed by atoms with Crippen LogP contribution < -0.4 is 5.32 Å². The number of amides is 1. The fourth-order valence-electron chi connectivity index (χ4n) is 2.75. The van der Waals surface area contributed by atoms with Gasteiger partial charge in [0, 0.05) is 11.3 Å². The van der Waals surface area contributed by atoms with E-state index in [1.807, 2.05) is 51.1 Å². The van der Waals surface area contributed by atoms with E-state index in [1.165, 1.54) is 4.80 Å². The fraction of sp³-hybridized carbons (Fsp3) is 0.222. The van der Waals surface area contributed by atoms with Gasteiger partial charge in [0.25, 0.3) is 0 Å². The number of nitrogens with one attached hydrogen (secondary N) is 1. The summed E-state index contributed by atoms with van der Waals surface area (Å²) in [6.07, 6.45) is 0. The Morgan fingerprint density at radius 3 is 2.52 bits per heavy atom. The molecule has 1 heterocycles. The third-order valence-electron chi connectivity index (χ3n) is 3.79. The lowest BCUT2D eigenvalue weighted by Crippen LogP contribution is -2.21. The first-order valence-corrected chi connectivity index (χ1v) is 8.22. The normalized spacial score (nSPS) is 10.7. The van der Waals surface area contributed by atoms with Crippen molar-refractivity contribution >= 4 is 23.2 Å². The van der Waals surface area contributed by atoms with Gasteiger partial charge < -0.3 is 5.32 Å². The minimum atomic E-state index is -0.210. The SMILES string of the molecule is Cc1cc(C)c(NC(=O)Cn2nnc(-c3ccccc3Cl)n2)c(C)c1. The third kappa shape index (κ3) is 3.85. The monoisotopic (exact) mass is 355 g/mol. The molecular weight excluding hydrogens is 338 g/mol. The second-order valence-corrected chi connectivity index (χ2v) is 6.35. The molecule has 0 saturated carbocycles. The highest BCUT2D eigenvalue weighted by Gasteiger charge is 2.13. The topological polar surface area (TPSA) is 72.7 Å². The van der Waals surface area contributed by atoms with E-state index in [9.17, 15) is 4.79 Å². The molecule has 0 aliphatic heterocycles. The Bertz CT molecular complexity index is 912. The molecule has 3 rings (SSSR count). The Labute approximate surface area is 150 Å². The Kier molecular flexibility index (Phi) is 4.81. The van der Waals surface area contributed by atoms with E-state index in [1.54, 1.807) is 6.07 Å². The molecule has 0 radical (unpaired) electrons. The molecule has 1 aromatic heterocycles. The van der Waals surface area contributed by atoms with Crippen LogP contribution in [0.5, 0.6) is 0 Å². The van der Waals surface area contributed by atoms with Gasteiger partial charge >= 0.3 is 0 Å². The number of rotatable bonds is 4. The number of halogens is 1. The van der Waals surface area contributed by atoms with Crippen LogP contribution >= 0.6 is 11.6 Å². The molecule has 1 amide bonds. The maximum atomic E-state index is 12.3. The van der Waals surface area contributed by atoms with E-state index < -0.39 is 0 Å². The van der Waals surface area contributed by atoms with Crippen LogP contribution in [-0.2, 0) is 11.3 Å². The van der Waals surface area contributed by atoms with Crippen molar-refractivity contribution in [3.05, 3.63) is 58.1 Å². The molecule has 0 spiro atoms. The van der Waals surface area contributed by atoms with Crippen molar-refractivity contribution in [1.29, 1.82) is 0 Å². The lowest BCUT2D eigenvalue weighted by molar-refractivity contribution is -0.117.